The van der Waals surface area contributed by atoms with Crippen molar-refractivity contribution < 1.29 is 4.89 Å². The largest absolute Gasteiger partial charge is 0.683 e. The van der Waals surface area contributed by atoms with Crippen LogP contribution in [0.4, 0.5) is 0 Å². The summed E-state index contributed by atoms with van der Waals surface area (Å²) in [6.45, 7) is 2.22. The quantitative estimate of drug-likeness (QED) is 0.415. The summed E-state index contributed by atoms with van der Waals surface area (Å²) in [4.78, 5) is 10.1. The average Bonchev–Trinajstić information content (AvgIpc) is 1.97. The zero-order chi connectivity index (χ0) is 7.66. The van der Waals surface area contributed by atoms with Gasteiger partial charge in [-0.15, -0.1) is 0 Å². The highest BCUT2D eigenvalue weighted by molar-refractivity contribution is 7.29. The van der Waals surface area contributed by atoms with Crippen LogP contribution in [0.15, 0.2) is 0 Å². The molecule has 0 radical (unpaired) electrons. The van der Waals surface area contributed by atoms with Crippen molar-refractivity contribution in [2.24, 2.45) is 0 Å². The highest BCUT2D eigenvalue weighted by Gasteiger charge is 1.88. The van der Waals surface area contributed by atoms with Crippen LogP contribution in [0.25, 0.3) is 0 Å². The van der Waals surface area contributed by atoms with Crippen LogP contribution in [-0.2, 0) is 0 Å². The molecule has 0 rings (SSSR count). The molecule has 0 aliphatic carbocycles. The Hall–Kier alpha value is 0.390. The summed E-state index contributed by atoms with van der Waals surface area (Å²) in [6.07, 6.45) is 8.82. The fourth-order valence-corrected chi connectivity index (χ4v) is 1.46. The molecule has 0 saturated heterocycles. The smallest absolute Gasteiger partial charge is 0.0493 e. The molecule has 2 heteroatoms. The lowest BCUT2D eigenvalue weighted by atomic mass is 10.1. The first-order valence-corrected chi connectivity index (χ1v) is 5.64. The van der Waals surface area contributed by atoms with Crippen molar-refractivity contribution in [3.63, 3.8) is 0 Å². The topological polar surface area (TPSA) is 23.1 Å². The second-order valence-electron chi connectivity index (χ2n) is 2.72. The van der Waals surface area contributed by atoms with Crippen LogP contribution < -0.4 is 4.89 Å². The maximum absolute atomic E-state index is 10.1. The minimum Gasteiger partial charge on any atom is -0.683 e. The summed E-state index contributed by atoms with van der Waals surface area (Å²) < 4.78 is 0. The van der Waals surface area contributed by atoms with Gasteiger partial charge in [-0.3, -0.25) is 0 Å². The highest BCUT2D eigenvalue weighted by atomic mass is 31.1. The summed E-state index contributed by atoms with van der Waals surface area (Å²) in [6, 6.07) is 0. The van der Waals surface area contributed by atoms with Gasteiger partial charge in [0.25, 0.3) is 0 Å². The molecule has 0 aliphatic rings. The third-order valence-corrected chi connectivity index (χ3v) is 2.32. The third-order valence-electron chi connectivity index (χ3n) is 1.68. The molecule has 1 atom stereocenters. The summed E-state index contributed by atoms with van der Waals surface area (Å²) >= 11 is 0. The lowest BCUT2D eigenvalue weighted by Crippen LogP contribution is -1.86. The number of hydrogen-bond acceptors (Lipinski definition) is 1. The van der Waals surface area contributed by atoms with Gasteiger partial charge in [-0.05, 0) is 12.8 Å². The van der Waals surface area contributed by atoms with E-state index < -0.39 is 8.81 Å². The maximum atomic E-state index is 10.1. The van der Waals surface area contributed by atoms with Gasteiger partial charge in [0.2, 0.25) is 0 Å². The van der Waals surface area contributed by atoms with Crippen molar-refractivity contribution in [3.05, 3.63) is 0 Å². The van der Waals surface area contributed by atoms with E-state index in [1.54, 1.807) is 0 Å². The molecule has 0 fully saturated rings. The van der Waals surface area contributed by atoms with E-state index in [0.717, 1.165) is 6.16 Å². The predicted molar refractivity (Wildman–Crippen MR) is 48.0 cm³/mol. The molecule has 0 aliphatic heterocycles. The Bertz CT molecular complexity index is 49.2. The molecule has 1 nitrogen and oxygen atoms in total. The van der Waals surface area contributed by atoms with E-state index in [-0.39, 0.29) is 0 Å². The van der Waals surface area contributed by atoms with Gasteiger partial charge in [0.15, 0.2) is 0 Å². The Morgan fingerprint density at radius 1 is 1.00 bits per heavy atom. The molecule has 0 N–H and O–H groups in total. The van der Waals surface area contributed by atoms with E-state index >= 15 is 0 Å². The monoisotopic (exact) mass is 162 g/mol. The lowest BCUT2D eigenvalue weighted by molar-refractivity contribution is -0.150. The first kappa shape index (κ1) is 10.4. The van der Waals surface area contributed by atoms with Gasteiger partial charge >= 0.3 is 0 Å². The van der Waals surface area contributed by atoms with E-state index in [4.69, 9.17) is 0 Å². The van der Waals surface area contributed by atoms with Crippen molar-refractivity contribution in [1.29, 1.82) is 0 Å². The second kappa shape index (κ2) is 9.39. The molecular weight excluding hydrogens is 143 g/mol. The van der Waals surface area contributed by atoms with E-state index in [0.29, 0.717) is 0 Å². The van der Waals surface area contributed by atoms with Crippen LogP contribution in [0, 0.1) is 0 Å². The SMILES string of the molecule is CCCCCCCC[PH2+][O-]. The Labute approximate surface area is 66.1 Å². The molecule has 0 amide bonds. The van der Waals surface area contributed by atoms with Gasteiger partial charge in [-0.25, -0.2) is 0 Å². The molecule has 10 heavy (non-hydrogen) atoms. The molecule has 62 valence electrons. The van der Waals surface area contributed by atoms with Crippen LogP contribution in [-0.4, -0.2) is 6.16 Å². The van der Waals surface area contributed by atoms with Crippen LogP contribution in [0.5, 0.6) is 0 Å². The van der Waals surface area contributed by atoms with E-state index in [2.05, 4.69) is 6.92 Å². The first-order chi connectivity index (χ1) is 4.91. The zero-order valence-corrected chi connectivity index (χ0v) is 8.09. The molecule has 1 unspecified atom stereocenters. The zero-order valence-electron chi connectivity index (χ0n) is 6.94. The molecular formula is C8H19OP. The second-order valence-corrected chi connectivity index (χ2v) is 3.63. The number of unbranched alkanes of at least 4 members (excludes halogenated alkanes) is 5. The summed E-state index contributed by atoms with van der Waals surface area (Å²) in [5.74, 6) is 0. The van der Waals surface area contributed by atoms with Gasteiger partial charge < -0.3 is 4.89 Å². The molecule has 0 bridgehead atoms. The van der Waals surface area contributed by atoms with Crippen LogP contribution in [0.3, 0.4) is 0 Å². The van der Waals surface area contributed by atoms with Crippen molar-refractivity contribution in [3.8, 4) is 0 Å². The summed E-state index contributed by atoms with van der Waals surface area (Å²) in [5.41, 5.74) is 0. The van der Waals surface area contributed by atoms with Crippen molar-refractivity contribution in [2.45, 2.75) is 45.4 Å². The molecule has 0 aromatic rings. The van der Waals surface area contributed by atoms with Crippen LogP contribution in [0.1, 0.15) is 45.4 Å². The number of hydrogen-bond donors (Lipinski definition) is 0. The Morgan fingerprint density at radius 3 is 2.20 bits per heavy atom. The van der Waals surface area contributed by atoms with E-state index in [1.807, 2.05) is 0 Å². The van der Waals surface area contributed by atoms with Crippen LogP contribution >= 0.6 is 8.81 Å². The minimum atomic E-state index is -0.478. The fraction of sp³-hybridized carbons (Fsp3) is 1.00. The highest BCUT2D eigenvalue weighted by Crippen LogP contribution is 2.07. The Morgan fingerprint density at radius 2 is 1.60 bits per heavy atom. The third kappa shape index (κ3) is 8.39. The summed E-state index contributed by atoms with van der Waals surface area (Å²) in [5, 5.41) is 0. The van der Waals surface area contributed by atoms with Crippen molar-refractivity contribution >= 4 is 8.81 Å². The molecule has 0 heterocycles. The standard InChI is InChI=1S/C8H19OP/c1-2-3-4-5-6-7-8-10-9/h2-8,10H2,1H3. The maximum Gasteiger partial charge on any atom is 0.0493 e. The fourth-order valence-electron chi connectivity index (χ4n) is 1.01. The number of rotatable bonds is 7. The van der Waals surface area contributed by atoms with E-state index in [1.165, 1.54) is 38.5 Å². The summed E-state index contributed by atoms with van der Waals surface area (Å²) in [7, 11) is -0.478. The van der Waals surface area contributed by atoms with Gasteiger partial charge in [0.1, 0.15) is 0 Å². The van der Waals surface area contributed by atoms with Gasteiger partial charge in [0, 0.05) is 6.16 Å². The first-order valence-electron chi connectivity index (χ1n) is 4.35. The van der Waals surface area contributed by atoms with Crippen LogP contribution in [0.2, 0.25) is 0 Å². The van der Waals surface area contributed by atoms with Crippen molar-refractivity contribution in [1.82, 2.24) is 0 Å². The molecule has 0 aromatic heterocycles. The van der Waals surface area contributed by atoms with E-state index in [9.17, 15) is 4.89 Å². The minimum absolute atomic E-state index is 0.478. The Balaban J connectivity index is 2.65. The molecule has 0 saturated carbocycles. The Kier molecular flexibility index (Phi) is 9.76. The van der Waals surface area contributed by atoms with Gasteiger partial charge in [-0.1, -0.05) is 41.4 Å². The van der Waals surface area contributed by atoms with Gasteiger partial charge in [0.05, 0.1) is 0 Å². The predicted octanol–water partition coefficient (Wildman–Crippen LogP) is 2.03. The molecule has 0 spiro atoms. The lowest BCUT2D eigenvalue weighted by Gasteiger charge is -1.97. The van der Waals surface area contributed by atoms with Crippen molar-refractivity contribution in [2.75, 3.05) is 6.16 Å². The normalized spacial score (nSPS) is 11.4. The van der Waals surface area contributed by atoms with Gasteiger partial charge in [-0.2, -0.15) is 0 Å². The average molecular weight is 162 g/mol. The molecule has 0 aromatic carbocycles.